The predicted molar refractivity (Wildman–Crippen MR) is 62.0 cm³/mol. The quantitative estimate of drug-likeness (QED) is 0.773. The zero-order valence-electron chi connectivity index (χ0n) is 7.60. The van der Waals surface area contributed by atoms with E-state index < -0.39 is 0 Å². The van der Waals surface area contributed by atoms with Crippen molar-refractivity contribution in [3.05, 3.63) is 54.6 Å². The number of anilines is 2. The van der Waals surface area contributed by atoms with Gasteiger partial charge in [0.2, 0.25) is 0 Å². The van der Waals surface area contributed by atoms with Crippen molar-refractivity contribution in [2.45, 2.75) is 4.90 Å². The topological polar surface area (TPSA) is 12.0 Å². The summed E-state index contributed by atoms with van der Waals surface area (Å²) in [5, 5.41) is 3.28. The SMILES string of the molecule is [S]c1ccc(Nc2ccccc2)cc1. The van der Waals surface area contributed by atoms with Crippen LogP contribution in [0.4, 0.5) is 11.4 Å². The molecular weight excluding hydrogens is 190 g/mol. The summed E-state index contributed by atoms with van der Waals surface area (Å²) < 4.78 is 0. The van der Waals surface area contributed by atoms with Gasteiger partial charge in [0.05, 0.1) is 0 Å². The van der Waals surface area contributed by atoms with Gasteiger partial charge in [-0.25, -0.2) is 0 Å². The van der Waals surface area contributed by atoms with E-state index in [4.69, 9.17) is 12.6 Å². The van der Waals surface area contributed by atoms with Crippen LogP contribution < -0.4 is 5.32 Å². The molecule has 0 aliphatic carbocycles. The van der Waals surface area contributed by atoms with Gasteiger partial charge in [-0.1, -0.05) is 30.8 Å². The minimum atomic E-state index is 0.864. The Morgan fingerprint density at radius 1 is 0.714 bits per heavy atom. The minimum Gasteiger partial charge on any atom is -0.356 e. The highest BCUT2D eigenvalue weighted by Crippen LogP contribution is 2.17. The summed E-state index contributed by atoms with van der Waals surface area (Å²) in [7, 11) is 0. The van der Waals surface area contributed by atoms with Crippen LogP contribution in [-0.4, -0.2) is 0 Å². The van der Waals surface area contributed by atoms with E-state index in [1.165, 1.54) is 0 Å². The molecule has 0 aromatic heterocycles. The molecule has 0 amide bonds. The number of benzene rings is 2. The largest absolute Gasteiger partial charge is 0.356 e. The number of hydrogen-bond acceptors (Lipinski definition) is 1. The van der Waals surface area contributed by atoms with E-state index in [1.54, 1.807) is 0 Å². The van der Waals surface area contributed by atoms with Crippen molar-refractivity contribution >= 4 is 24.0 Å². The molecule has 0 unspecified atom stereocenters. The highest BCUT2D eigenvalue weighted by molar-refractivity contribution is 7.80. The van der Waals surface area contributed by atoms with E-state index in [9.17, 15) is 0 Å². The summed E-state index contributed by atoms with van der Waals surface area (Å²) in [4.78, 5) is 0.864. The third-order valence-electron chi connectivity index (χ3n) is 1.92. The van der Waals surface area contributed by atoms with Crippen molar-refractivity contribution in [2.24, 2.45) is 0 Å². The molecular formula is C12H10NS. The van der Waals surface area contributed by atoms with Crippen LogP contribution in [0, 0.1) is 0 Å². The lowest BCUT2D eigenvalue weighted by molar-refractivity contribution is 1.45. The molecule has 0 atom stereocenters. The fourth-order valence-electron chi connectivity index (χ4n) is 1.23. The molecule has 0 bridgehead atoms. The molecule has 2 heteroatoms. The van der Waals surface area contributed by atoms with E-state index >= 15 is 0 Å². The lowest BCUT2D eigenvalue weighted by Crippen LogP contribution is -1.88. The first-order valence-corrected chi connectivity index (χ1v) is 4.84. The Kier molecular flexibility index (Phi) is 2.65. The van der Waals surface area contributed by atoms with Crippen LogP contribution in [0.15, 0.2) is 59.5 Å². The average Bonchev–Trinajstić information content (AvgIpc) is 2.23. The van der Waals surface area contributed by atoms with E-state index in [1.807, 2.05) is 54.6 Å². The molecule has 0 spiro atoms. The van der Waals surface area contributed by atoms with Gasteiger partial charge in [0.25, 0.3) is 0 Å². The van der Waals surface area contributed by atoms with Gasteiger partial charge in [-0.05, 0) is 36.4 Å². The van der Waals surface area contributed by atoms with Gasteiger partial charge in [-0.15, -0.1) is 0 Å². The molecule has 2 aromatic carbocycles. The smallest absolute Gasteiger partial charge is 0.0385 e. The second-order valence-electron chi connectivity index (χ2n) is 3.02. The van der Waals surface area contributed by atoms with E-state index in [0.29, 0.717) is 0 Å². The Bertz CT molecular complexity index is 394. The highest BCUT2D eigenvalue weighted by Gasteiger charge is 1.92. The molecule has 2 aromatic rings. The van der Waals surface area contributed by atoms with Crippen LogP contribution in [0.25, 0.3) is 0 Å². The predicted octanol–water partition coefficient (Wildman–Crippen LogP) is 3.99. The van der Waals surface area contributed by atoms with Crippen LogP contribution in [0.5, 0.6) is 0 Å². The van der Waals surface area contributed by atoms with Gasteiger partial charge in [0.1, 0.15) is 0 Å². The Morgan fingerprint density at radius 3 is 1.93 bits per heavy atom. The van der Waals surface area contributed by atoms with E-state index in [2.05, 4.69) is 5.32 Å². The Morgan fingerprint density at radius 2 is 1.29 bits per heavy atom. The molecule has 1 radical (unpaired) electrons. The summed E-state index contributed by atoms with van der Waals surface area (Å²) >= 11 is 5.01. The highest BCUT2D eigenvalue weighted by atomic mass is 32.1. The number of nitrogens with one attached hydrogen (secondary N) is 1. The normalized spacial score (nSPS) is 9.71. The monoisotopic (exact) mass is 200 g/mol. The Balaban J connectivity index is 2.16. The summed E-state index contributed by atoms with van der Waals surface area (Å²) in [6, 6.07) is 17.9. The number of para-hydroxylation sites is 1. The molecule has 14 heavy (non-hydrogen) atoms. The maximum absolute atomic E-state index is 5.01. The molecule has 0 saturated carbocycles. The molecule has 2 rings (SSSR count). The van der Waals surface area contributed by atoms with E-state index in [-0.39, 0.29) is 0 Å². The average molecular weight is 200 g/mol. The summed E-state index contributed by atoms with van der Waals surface area (Å²) in [5.74, 6) is 0. The molecule has 0 heterocycles. The lowest BCUT2D eigenvalue weighted by atomic mass is 10.3. The van der Waals surface area contributed by atoms with Gasteiger partial charge in [-0.3, -0.25) is 0 Å². The van der Waals surface area contributed by atoms with Crippen molar-refractivity contribution in [1.82, 2.24) is 0 Å². The molecule has 0 fully saturated rings. The molecule has 0 aliphatic heterocycles. The fraction of sp³-hybridized carbons (Fsp3) is 0. The molecule has 0 aliphatic rings. The van der Waals surface area contributed by atoms with Crippen LogP contribution in [-0.2, 0) is 0 Å². The third kappa shape index (κ3) is 2.24. The molecule has 0 saturated heterocycles. The summed E-state index contributed by atoms with van der Waals surface area (Å²) in [6.45, 7) is 0. The minimum absolute atomic E-state index is 0.864. The molecule has 69 valence electrons. The van der Waals surface area contributed by atoms with Crippen molar-refractivity contribution in [2.75, 3.05) is 5.32 Å². The van der Waals surface area contributed by atoms with Crippen molar-refractivity contribution in [3.63, 3.8) is 0 Å². The molecule has 1 nitrogen and oxygen atoms in total. The standard InChI is InChI=1S/C12H10NS/c14-12-8-6-11(7-9-12)13-10-4-2-1-3-5-10/h1-9,13H. The van der Waals surface area contributed by atoms with Crippen LogP contribution in [0.2, 0.25) is 0 Å². The van der Waals surface area contributed by atoms with Crippen molar-refractivity contribution in [1.29, 1.82) is 0 Å². The summed E-state index contributed by atoms with van der Waals surface area (Å²) in [6.07, 6.45) is 0. The van der Waals surface area contributed by atoms with Gasteiger partial charge >= 0.3 is 0 Å². The van der Waals surface area contributed by atoms with E-state index in [0.717, 1.165) is 16.3 Å². The van der Waals surface area contributed by atoms with Crippen LogP contribution >= 0.6 is 12.6 Å². The first kappa shape index (κ1) is 9.03. The number of hydrogen-bond donors (Lipinski definition) is 1. The van der Waals surface area contributed by atoms with Gasteiger partial charge < -0.3 is 5.32 Å². The van der Waals surface area contributed by atoms with Crippen LogP contribution in [0.3, 0.4) is 0 Å². The van der Waals surface area contributed by atoms with Crippen LogP contribution in [0.1, 0.15) is 0 Å². The van der Waals surface area contributed by atoms with Gasteiger partial charge in [0.15, 0.2) is 0 Å². The first-order valence-electron chi connectivity index (χ1n) is 4.44. The van der Waals surface area contributed by atoms with Gasteiger partial charge in [0, 0.05) is 16.3 Å². The van der Waals surface area contributed by atoms with Crippen molar-refractivity contribution in [3.8, 4) is 0 Å². The zero-order chi connectivity index (χ0) is 9.80. The summed E-state index contributed by atoms with van der Waals surface area (Å²) in [5.41, 5.74) is 2.15. The number of rotatable bonds is 2. The fourth-order valence-corrected chi connectivity index (χ4v) is 1.36. The lowest BCUT2D eigenvalue weighted by Gasteiger charge is -2.05. The maximum atomic E-state index is 5.01. The van der Waals surface area contributed by atoms with Crippen molar-refractivity contribution < 1.29 is 0 Å². The Labute approximate surface area is 89.2 Å². The molecule has 1 N–H and O–H groups in total. The second-order valence-corrected chi connectivity index (χ2v) is 3.49. The third-order valence-corrected chi connectivity index (χ3v) is 2.19. The second kappa shape index (κ2) is 4.11. The zero-order valence-corrected chi connectivity index (χ0v) is 8.42. The first-order chi connectivity index (χ1) is 6.84. The Hall–Kier alpha value is -1.54. The maximum Gasteiger partial charge on any atom is 0.0385 e. The van der Waals surface area contributed by atoms with Gasteiger partial charge in [-0.2, -0.15) is 0 Å².